The monoisotopic (exact) mass is 627 g/mol. The van der Waals surface area contributed by atoms with Crippen molar-refractivity contribution < 1.29 is 19.0 Å². The number of methoxy groups -OCH3 is 1. The maximum Gasteiger partial charge on any atom is 0.250 e. The predicted molar refractivity (Wildman–Crippen MR) is 173 cm³/mol. The second kappa shape index (κ2) is 15.1. The van der Waals surface area contributed by atoms with Gasteiger partial charge >= 0.3 is 0 Å². The summed E-state index contributed by atoms with van der Waals surface area (Å²) in [5.74, 6) is 2.34. The van der Waals surface area contributed by atoms with Crippen molar-refractivity contribution in [2.45, 2.75) is 18.7 Å². The Morgan fingerprint density at radius 3 is 2.45 bits per heavy atom. The van der Waals surface area contributed by atoms with Crippen LogP contribution in [0.3, 0.4) is 0 Å². The van der Waals surface area contributed by atoms with E-state index in [1.807, 2.05) is 90.4 Å². The molecule has 0 aliphatic carbocycles. The molecule has 1 heterocycles. The number of aromatic nitrogens is 3. The molecule has 0 bridgehead atoms. The average molecular weight is 628 g/mol. The number of nitrogens with zero attached hydrogens (tertiary/aromatic N) is 4. The Balaban J connectivity index is 1.24. The fourth-order valence-electron chi connectivity index (χ4n) is 4.20. The number of amides is 1. The molecule has 224 valence electrons. The van der Waals surface area contributed by atoms with E-state index < -0.39 is 0 Å². The molecule has 44 heavy (non-hydrogen) atoms. The van der Waals surface area contributed by atoms with Gasteiger partial charge in [0.2, 0.25) is 0 Å². The molecule has 5 rings (SSSR count). The number of hydrogen-bond donors (Lipinski definition) is 1. The molecule has 0 saturated carbocycles. The summed E-state index contributed by atoms with van der Waals surface area (Å²) in [7, 11) is 1.58. The molecular weight excluding hydrogens is 598 g/mol. The molecule has 4 aromatic carbocycles. The van der Waals surface area contributed by atoms with E-state index in [0.29, 0.717) is 40.7 Å². The number of ether oxygens (including phenoxy) is 3. The highest BCUT2D eigenvalue weighted by Crippen LogP contribution is 2.30. The van der Waals surface area contributed by atoms with Gasteiger partial charge in [0.15, 0.2) is 22.5 Å². The summed E-state index contributed by atoms with van der Waals surface area (Å²) < 4.78 is 18.9. The zero-order valence-corrected chi connectivity index (χ0v) is 25.7. The molecule has 0 unspecified atom stereocenters. The van der Waals surface area contributed by atoms with E-state index in [1.54, 1.807) is 31.5 Å². The van der Waals surface area contributed by atoms with E-state index in [0.717, 1.165) is 28.1 Å². The summed E-state index contributed by atoms with van der Waals surface area (Å²) >= 11 is 7.35. The highest BCUT2D eigenvalue weighted by molar-refractivity contribution is 7.99. The van der Waals surface area contributed by atoms with E-state index in [-0.39, 0.29) is 11.7 Å². The third-order valence-electron chi connectivity index (χ3n) is 6.30. The molecule has 11 heteroatoms. The van der Waals surface area contributed by atoms with Crippen LogP contribution in [0.4, 0.5) is 0 Å². The van der Waals surface area contributed by atoms with Crippen molar-refractivity contribution in [2.24, 2.45) is 5.10 Å². The van der Waals surface area contributed by atoms with E-state index in [2.05, 4.69) is 20.7 Å². The van der Waals surface area contributed by atoms with E-state index in [1.165, 1.54) is 11.8 Å². The van der Waals surface area contributed by atoms with E-state index in [9.17, 15) is 4.79 Å². The molecule has 0 fully saturated rings. The smallest absolute Gasteiger partial charge is 0.250 e. The molecule has 0 saturated heterocycles. The molecule has 1 amide bonds. The van der Waals surface area contributed by atoms with Crippen molar-refractivity contribution in [2.75, 3.05) is 19.5 Å². The molecule has 5 aromatic rings. The molecule has 0 radical (unpaired) electrons. The van der Waals surface area contributed by atoms with Crippen LogP contribution in [0.2, 0.25) is 5.02 Å². The topological polar surface area (TPSA) is 99.9 Å². The third kappa shape index (κ3) is 7.97. The first-order valence-corrected chi connectivity index (χ1v) is 15.1. The molecule has 0 spiro atoms. The number of hydrogen-bond acceptors (Lipinski definition) is 8. The highest BCUT2D eigenvalue weighted by atomic mass is 35.5. The molecular formula is C33H30ClN5O4S. The van der Waals surface area contributed by atoms with Crippen molar-refractivity contribution in [1.29, 1.82) is 0 Å². The van der Waals surface area contributed by atoms with Gasteiger partial charge in [0.05, 0.1) is 25.7 Å². The lowest BCUT2D eigenvalue weighted by Gasteiger charge is -2.11. The number of halogens is 1. The second-order valence-electron chi connectivity index (χ2n) is 9.34. The maximum atomic E-state index is 12.7. The Morgan fingerprint density at radius 2 is 1.73 bits per heavy atom. The van der Waals surface area contributed by atoms with Crippen LogP contribution in [0, 0.1) is 0 Å². The third-order valence-corrected chi connectivity index (χ3v) is 7.48. The number of rotatable bonds is 13. The summed E-state index contributed by atoms with van der Waals surface area (Å²) in [6.07, 6.45) is 1.55. The Hall–Kier alpha value is -4.80. The van der Waals surface area contributed by atoms with Crippen LogP contribution in [0.5, 0.6) is 17.2 Å². The first-order chi connectivity index (χ1) is 21.5. The lowest BCUT2D eigenvalue weighted by atomic mass is 10.2. The SMILES string of the molecule is CCOc1ccc(-n2c(SCC(=O)N/N=C\c3ccc(OCc4ccccc4)c(OC)c3)nnc2-c2ccc(Cl)cc2)cc1. The standard InChI is InChI=1S/C33H30ClN5O4S/c1-3-42-28-16-14-27(15-17-28)39-32(25-10-12-26(34)13-11-25)37-38-33(39)44-22-31(40)36-35-20-24-9-18-29(30(19-24)41-2)43-21-23-7-5-4-6-8-23/h4-20H,3,21-22H2,1-2H3,(H,36,40)/b35-20-. The van der Waals surface area contributed by atoms with Crippen molar-refractivity contribution in [3.05, 3.63) is 113 Å². The largest absolute Gasteiger partial charge is 0.494 e. The molecule has 9 nitrogen and oxygen atoms in total. The minimum atomic E-state index is -0.296. The van der Waals surface area contributed by atoms with Gasteiger partial charge in [-0.2, -0.15) is 5.10 Å². The van der Waals surface area contributed by atoms with Crippen LogP contribution < -0.4 is 19.6 Å². The number of hydrazone groups is 1. The Kier molecular flexibility index (Phi) is 10.5. The fourth-order valence-corrected chi connectivity index (χ4v) is 5.07. The second-order valence-corrected chi connectivity index (χ2v) is 10.7. The predicted octanol–water partition coefficient (Wildman–Crippen LogP) is 6.82. The lowest BCUT2D eigenvalue weighted by Crippen LogP contribution is -2.20. The minimum Gasteiger partial charge on any atom is -0.494 e. The summed E-state index contributed by atoms with van der Waals surface area (Å²) in [5, 5.41) is 14.1. The van der Waals surface area contributed by atoms with Gasteiger partial charge in [0, 0.05) is 16.3 Å². The average Bonchev–Trinajstić information content (AvgIpc) is 3.48. The summed E-state index contributed by atoms with van der Waals surface area (Å²) in [6, 6.07) is 30.3. The van der Waals surface area contributed by atoms with Gasteiger partial charge in [0.1, 0.15) is 12.4 Å². The first-order valence-electron chi connectivity index (χ1n) is 13.8. The fraction of sp³-hybridized carbons (Fsp3) is 0.152. The zero-order chi connectivity index (χ0) is 30.7. The van der Waals surface area contributed by atoms with Crippen molar-refractivity contribution >= 4 is 35.5 Å². The van der Waals surface area contributed by atoms with Gasteiger partial charge in [0.25, 0.3) is 5.91 Å². The maximum absolute atomic E-state index is 12.7. The van der Waals surface area contributed by atoms with Crippen molar-refractivity contribution in [1.82, 2.24) is 20.2 Å². The van der Waals surface area contributed by atoms with Crippen LogP contribution >= 0.6 is 23.4 Å². The zero-order valence-electron chi connectivity index (χ0n) is 24.1. The summed E-state index contributed by atoms with van der Waals surface area (Å²) in [6.45, 7) is 2.93. The number of thioether (sulfide) groups is 1. The van der Waals surface area contributed by atoms with Crippen LogP contribution in [0.25, 0.3) is 17.1 Å². The highest BCUT2D eigenvalue weighted by Gasteiger charge is 2.17. The van der Waals surface area contributed by atoms with Crippen LogP contribution in [-0.4, -0.2) is 46.4 Å². The molecule has 1 aromatic heterocycles. The van der Waals surface area contributed by atoms with Crippen LogP contribution in [0.1, 0.15) is 18.1 Å². The van der Waals surface area contributed by atoms with Gasteiger partial charge in [-0.25, -0.2) is 5.43 Å². The molecule has 0 aliphatic rings. The molecule has 1 N–H and O–H groups in total. The van der Waals surface area contributed by atoms with E-state index >= 15 is 0 Å². The van der Waals surface area contributed by atoms with Gasteiger partial charge in [-0.15, -0.1) is 10.2 Å². The van der Waals surface area contributed by atoms with Crippen molar-refractivity contribution in [3.8, 4) is 34.3 Å². The molecule has 0 aliphatic heterocycles. The Labute approximate surface area is 264 Å². The summed E-state index contributed by atoms with van der Waals surface area (Å²) in [5.41, 5.74) is 6.04. The Bertz CT molecular complexity index is 1710. The first kappa shape index (κ1) is 30.7. The van der Waals surface area contributed by atoms with Gasteiger partial charge in [-0.1, -0.05) is 53.7 Å². The number of benzene rings is 4. The van der Waals surface area contributed by atoms with Crippen LogP contribution in [-0.2, 0) is 11.4 Å². The number of carbonyl (C=O) groups is 1. The number of nitrogens with one attached hydrogen (secondary N) is 1. The Morgan fingerprint density at radius 1 is 0.955 bits per heavy atom. The van der Waals surface area contributed by atoms with Gasteiger partial charge in [-0.3, -0.25) is 9.36 Å². The quantitative estimate of drug-likeness (QED) is 0.0869. The minimum absolute atomic E-state index is 0.0721. The molecule has 0 atom stereocenters. The number of carbonyl (C=O) groups excluding carboxylic acids is 1. The van der Waals surface area contributed by atoms with Crippen LogP contribution in [0.15, 0.2) is 107 Å². The van der Waals surface area contributed by atoms with Gasteiger partial charge < -0.3 is 14.2 Å². The summed E-state index contributed by atoms with van der Waals surface area (Å²) in [4.78, 5) is 12.7. The normalized spacial score (nSPS) is 11.0. The van der Waals surface area contributed by atoms with Crippen molar-refractivity contribution in [3.63, 3.8) is 0 Å². The van der Waals surface area contributed by atoms with Gasteiger partial charge in [-0.05, 0) is 84.8 Å². The lowest BCUT2D eigenvalue weighted by molar-refractivity contribution is -0.118. The van der Waals surface area contributed by atoms with E-state index in [4.69, 9.17) is 25.8 Å².